The smallest absolute Gasteiger partial charge is 0.255 e. The third-order valence-corrected chi connectivity index (χ3v) is 4.23. The van der Waals surface area contributed by atoms with E-state index in [-0.39, 0.29) is 5.91 Å². The molecule has 0 fully saturated rings. The lowest BCUT2D eigenvalue weighted by atomic mass is 9.99. The number of hydrogen-bond acceptors (Lipinski definition) is 2. The van der Waals surface area contributed by atoms with Gasteiger partial charge in [-0.1, -0.05) is 59.6 Å². The van der Waals surface area contributed by atoms with Gasteiger partial charge in [0.25, 0.3) is 5.91 Å². The molecule has 126 valence electrons. The van der Waals surface area contributed by atoms with Gasteiger partial charge >= 0.3 is 0 Å². The van der Waals surface area contributed by atoms with Gasteiger partial charge in [0.2, 0.25) is 0 Å². The average Bonchev–Trinajstić information content (AvgIpc) is 2.63. The van der Waals surface area contributed by atoms with Crippen LogP contribution in [0.4, 0.5) is 5.69 Å². The SMILES string of the molecule is O=C(Nc1ccc(Cl)cc1C(O)c1ccccc1)c1cccc(Cl)c1. The summed E-state index contributed by atoms with van der Waals surface area (Å²) in [5, 5.41) is 14.5. The predicted octanol–water partition coefficient (Wildman–Crippen LogP) is 5.33. The molecule has 0 aromatic heterocycles. The number of aliphatic hydroxyl groups excluding tert-OH is 1. The summed E-state index contributed by atoms with van der Waals surface area (Å²) in [4.78, 5) is 12.5. The first-order chi connectivity index (χ1) is 12.0. The van der Waals surface area contributed by atoms with Crippen LogP contribution in [-0.2, 0) is 0 Å². The van der Waals surface area contributed by atoms with E-state index in [1.807, 2.05) is 30.3 Å². The van der Waals surface area contributed by atoms with Crippen LogP contribution in [-0.4, -0.2) is 11.0 Å². The van der Waals surface area contributed by atoms with Crippen LogP contribution in [0.15, 0.2) is 72.8 Å². The quantitative estimate of drug-likeness (QED) is 0.651. The molecule has 1 atom stereocenters. The first-order valence-electron chi connectivity index (χ1n) is 7.64. The zero-order valence-electron chi connectivity index (χ0n) is 13.1. The second kappa shape index (κ2) is 7.70. The van der Waals surface area contributed by atoms with Crippen molar-refractivity contribution in [2.75, 3.05) is 5.32 Å². The molecule has 0 aliphatic carbocycles. The molecule has 0 aliphatic heterocycles. The van der Waals surface area contributed by atoms with Gasteiger partial charge in [-0.15, -0.1) is 0 Å². The molecule has 3 aromatic carbocycles. The summed E-state index contributed by atoms with van der Waals surface area (Å²) in [6.45, 7) is 0. The number of hydrogen-bond donors (Lipinski definition) is 2. The minimum atomic E-state index is -0.908. The number of rotatable bonds is 4. The third kappa shape index (κ3) is 4.20. The minimum Gasteiger partial charge on any atom is -0.384 e. The van der Waals surface area contributed by atoms with Crippen molar-refractivity contribution >= 4 is 34.8 Å². The van der Waals surface area contributed by atoms with Crippen LogP contribution in [0.1, 0.15) is 27.6 Å². The van der Waals surface area contributed by atoms with E-state index in [1.54, 1.807) is 42.5 Å². The summed E-state index contributed by atoms with van der Waals surface area (Å²) in [7, 11) is 0. The van der Waals surface area contributed by atoms with E-state index in [2.05, 4.69) is 5.32 Å². The van der Waals surface area contributed by atoms with Crippen LogP contribution >= 0.6 is 23.2 Å². The van der Waals surface area contributed by atoms with Gasteiger partial charge in [-0.05, 0) is 42.0 Å². The van der Waals surface area contributed by atoms with Gasteiger partial charge in [0.15, 0.2) is 0 Å². The zero-order valence-corrected chi connectivity index (χ0v) is 14.6. The van der Waals surface area contributed by atoms with Gasteiger partial charge in [0.05, 0.1) is 0 Å². The molecule has 3 aromatic rings. The standard InChI is InChI=1S/C20H15Cl2NO2/c21-15-8-4-7-14(11-15)20(25)23-18-10-9-16(22)12-17(18)19(24)13-5-2-1-3-6-13/h1-12,19,24H,(H,23,25). The highest BCUT2D eigenvalue weighted by Crippen LogP contribution is 2.31. The Bertz CT molecular complexity index is 897. The van der Waals surface area contributed by atoms with Crippen LogP contribution in [0, 0.1) is 0 Å². The summed E-state index contributed by atoms with van der Waals surface area (Å²) < 4.78 is 0. The summed E-state index contributed by atoms with van der Waals surface area (Å²) in [6, 6.07) is 20.8. The first-order valence-corrected chi connectivity index (χ1v) is 8.39. The molecule has 0 radical (unpaired) electrons. The van der Waals surface area contributed by atoms with Crippen molar-refractivity contribution < 1.29 is 9.90 Å². The number of nitrogens with one attached hydrogen (secondary N) is 1. The number of amides is 1. The summed E-state index contributed by atoms with van der Waals surface area (Å²) in [6.07, 6.45) is -0.908. The number of carbonyl (C=O) groups is 1. The van der Waals surface area contributed by atoms with Gasteiger partial charge in [0, 0.05) is 26.9 Å². The highest BCUT2D eigenvalue weighted by atomic mass is 35.5. The lowest BCUT2D eigenvalue weighted by Gasteiger charge is -2.17. The van der Waals surface area contributed by atoms with E-state index >= 15 is 0 Å². The molecule has 25 heavy (non-hydrogen) atoms. The fourth-order valence-electron chi connectivity index (χ4n) is 2.51. The predicted molar refractivity (Wildman–Crippen MR) is 101 cm³/mol. The van der Waals surface area contributed by atoms with Gasteiger partial charge < -0.3 is 10.4 Å². The van der Waals surface area contributed by atoms with Crippen molar-refractivity contribution in [1.82, 2.24) is 0 Å². The Kier molecular flexibility index (Phi) is 5.39. The fraction of sp³-hybridized carbons (Fsp3) is 0.0500. The lowest BCUT2D eigenvalue weighted by molar-refractivity contribution is 0.102. The summed E-state index contributed by atoms with van der Waals surface area (Å²) in [5.41, 5.74) is 2.16. The molecule has 1 unspecified atom stereocenters. The van der Waals surface area contributed by atoms with Crippen LogP contribution in [0.3, 0.4) is 0 Å². The van der Waals surface area contributed by atoms with Gasteiger partial charge in [-0.25, -0.2) is 0 Å². The van der Waals surface area contributed by atoms with Crippen molar-refractivity contribution in [3.05, 3.63) is 99.5 Å². The Morgan fingerprint density at radius 1 is 0.880 bits per heavy atom. The monoisotopic (exact) mass is 371 g/mol. The lowest BCUT2D eigenvalue weighted by Crippen LogP contribution is -2.14. The highest BCUT2D eigenvalue weighted by Gasteiger charge is 2.17. The summed E-state index contributed by atoms with van der Waals surface area (Å²) >= 11 is 12.0. The van der Waals surface area contributed by atoms with E-state index in [0.717, 1.165) is 0 Å². The number of benzene rings is 3. The molecular weight excluding hydrogens is 357 g/mol. The normalized spacial score (nSPS) is 11.8. The van der Waals surface area contributed by atoms with Crippen molar-refractivity contribution in [3.8, 4) is 0 Å². The molecule has 0 heterocycles. The number of aliphatic hydroxyl groups is 1. The van der Waals surface area contributed by atoms with Gasteiger partial charge in [0.1, 0.15) is 6.10 Å². The van der Waals surface area contributed by atoms with Crippen LogP contribution in [0.25, 0.3) is 0 Å². The maximum Gasteiger partial charge on any atom is 0.255 e. The molecule has 0 bridgehead atoms. The van der Waals surface area contributed by atoms with E-state index < -0.39 is 6.10 Å². The van der Waals surface area contributed by atoms with E-state index in [1.165, 1.54) is 0 Å². The van der Waals surface area contributed by atoms with Crippen LogP contribution < -0.4 is 5.32 Å². The molecule has 2 N–H and O–H groups in total. The van der Waals surface area contributed by atoms with E-state index in [9.17, 15) is 9.90 Å². The second-order valence-corrected chi connectivity index (χ2v) is 6.38. The van der Waals surface area contributed by atoms with Crippen LogP contribution in [0.5, 0.6) is 0 Å². The Morgan fingerprint density at radius 3 is 2.32 bits per heavy atom. The maximum absolute atomic E-state index is 12.5. The molecule has 0 aliphatic rings. The second-order valence-electron chi connectivity index (χ2n) is 5.51. The van der Waals surface area contributed by atoms with Crippen LogP contribution in [0.2, 0.25) is 10.0 Å². The van der Waals surface area contributed by atoms with E-state index in [4.69, 9.17) is 23.2 Å². The number of anilines is 1. The molecule has 0 spiro atoms. The minimum absolute atomic E-state index is 0.314. The highest BCUT2D eigenvalue weighted by molar-refractivity contribution is 6.31. The number of halogens is 2. The Hall–Kier alpha value is -2.33. The van der Waals surface area contributed by atoms with Gasteiger partial charge in [-0.3, -0.25) is 4.79 Å². The fourth-order valence-corrected chi connectivity index (χ4v) is 2.88. The maximum atomic E-state index is 12.5. The Morgan fingerprint density at radius 2 is 1.60 bits per heavy atom. The average molecular weight is 372 g/mol. The first kappa shape index (κ1) is 17.5. The molecule has 5 heteroatoms. The molecule has 3 rings (SSSR count). The molecular formula is C20H15Cl2NO2. The Labute approximate surface area is 155 Å². The number of carbonyl (C=O) groups excluding carboxylic acids is 1. The topological polar surface area (TPSA) is 49.3 Å². The largest absolute Gasteiger partial charge is 0.384 e. The zero-order chi connectivity index (χ0) is 17.8. The van der Waals surface area contributed by atoms with E-state index in [0.29, 0.717) is 32.4 Å². The molecule has 1 amide bonds. The molecule has 0 saturated carbocycles. The van der Waals surface area contributed by atoms with Crippen molar-refractivity contribution in [2.45, 2.75) is 6.10 Å². The van der Waals surface area contributed by atoms with Crippen molar-refractivity contribution in [1.29, 1.82) is 0 Å². The van der Waals surface area contributed by atoms with Crippen molar-refractivity contribution in [2.24, 2.45) is 0 Å². The van der Waals surface area contributed by atoms with Gasteiger partial charge in [-0.2, -0.15) is 0 Å². The summed E-state index contributed by atoms with van der Waals surface area (Å²) in [5.74, 6) is -0.314. The Balaban J connectivity index is 1.93. The van der Waals surface area contributed by atoms with Crippen molar-refractivity contribution in [3.63, 3.8) is 0 Å². The molecule has 3 nitrogen and oxygen atoms in total. The third-order valence-electron chi connectivity index (χ3n) is 3.76. The molecule has 0 saturated heterocycles.